The zero-order chi connectivity index (χ0) is 18.9. The van der Waals surface area contributed by atoms with Crippen LogP contribution in [0.2, 0.25) is 0 Å². The lowest BCUT2D eigenvalue weighted by Gasteiger charge is -2.09. The molecule has 0 aliphatic rings. The number of anilines is 2. The Kier molecular flexibility index (Phi) is 4.92. The highest BCUT2D eigenvalue weighted by Gasteiger charge is 2.19. The van der Waals surface area contributed by atoms with Gasteiger partial charge in [-0.3, -0.25) is 9.52 Å². The molecule has 0 radical (unpaired) electrons. The number of nitrogens with zero attached hydrogens (tertiary/aromatic N) is 1. The first-order valence-corrected chi connectivity index (χ1v) is 10.1. The molecule has 2 N–H and O–H groups in total. The maximum Gasteiger partial charge on any atom is 0.264 e. The topological polar surface area (TPSA) is 88.2 Å². The molecule has 1 aromatic heterocycles. The van der Waals surface area contributed by atoms with E-state index in [1.54, 1.807) is 26.0 Å². The summed E-state index contributed by atoms with van der Waals surface area (Å²) in [6, 6.07) is 8.40. The van der Waals surface area contributed by atoms with Crippen LogP contribution in [0.4, 0.5) is 15.2 Å². The van der Waals surface area contributed by atoms with Crippen LogP contribution in [-0.2, 0) is 14.8 Å². The van der Waals surface area contributed by atoms with Crippen molar-refractivity contribution in [3.63, 3.8) is 0 Å². The van der Waals surface area contributed by atoms with Crippen molar-refractivity contribution in [3.8, 4) is 0 Å². The average molecular weight is 393 g/mol. The number of halogens is 1. The summed E-state index contributed by atoms with van der Waals surface area (Å²) in [6.07, 6.45) is 0.336. The molecule has 0 saturated heterocycles. The van der Waals surface area contributed by atoms with Crippen LogP contribution in [0.5, 0.6) is 0 Å². The Bertz CT molecular complexity index is 1090. The van der Waals surface area contributed by atoms with E-state index in [1.165, 1.54) is 29.5 Å². The monoisotopic (exact) mass is 393 g/mol. The molecule has 136 valence electrons. The smallest absolute Gasteiger partial charge is 0.264 e. The van der Waals surface area contributed by atoms with Crippen molar-refractivity contribution < 1.29 is 17.6 Å². The summed E-state index contributed by atoms with van der Waals surface area (Å²) < 4.78 is 41.8. The Morgan fingerprint density at radius 1 is 1.27 bits per heavy atom. The van der Waals surface area contributed by atoms with Crippen LogP contribution in [0.1, 0.15) is 18.9 Å². The van der Waals surface area contributed by atoms with Crippen LogP contribution in [0.3, 0.4) is 0 Å². The number of hydrogen-bond acceptors (Lipinski definition) is 5. The summed E-state index contributed by atoms with van der Waals surface area (Å²) in [6.45, 7) is 3.53. The highest BCUT2D eigenvalue weighted by atomic mass is 32.2. The number of hydrogen-bond donors (Lipinski definition) is 2. The molecule has 6 nitrogen and oxygen atoms in total. The van der Waals surface area contributed by atoms with E-state index < -0.39 is 20.7 Å². The van der Waals surface area contributed by atoms with Crippen molar-refractivity contribution in [2.45, 2.75) is 25.2 Å². The van der Waals surface area contributed by atoms with Gasteiger partial charge in [-0.1, -0.05) is 30.4 Å². The Morgan fingerprint density at radius 2 is 2.00 bits per heavy atom. The van der Waals surface area contributed by atoms with Crippen LogP contribution in [-0.4, -0.2) is 19.3 Å². The number of aromatic nitrogens is 1. The third kappa shape index (κ3) is 3.68. The van der Waals surface area contributed by atoms with Crippen LogP contribution in [0, 0.1) is 12.7 Å². The van der Waals surface area contributed by atoms with Gasteiger partial charge in [0.05, 0.1) is 15.9 Å². The molecule has 0 aliphatic heterocycles. The Hall–Kier alpha value is -2.52. The molecule has 26 heavy (non-hydrogen) atoms. The normalized spacial score (nSPS) is 11.5. The van der Waals surface area contributed by atoms with Gasteiger partial charge >= 0.3 is 0 Å². The van der Waals surface area contributed by atoms with E-state index in [1.807, 2.05) is 0 Å². The number of amides is 1. The minimum Gasteiger partial charge on any atom is -0.302 e. The van der Waals surface area contributed by atoms with Crippen molar-refractivity contribution in [1.29, 1.82) is 0 Å². The van der Waals surface area contributed by atoms with E-state index >= 15 is 0 Å². The van der Waals surface area contributed by atoms with E-state index in [4.69, 9.17) is 0 Å². The van der Waals surface area contributed by atoms with Crippen LogP contribution >= 0.6 is 11.3 Å². The molecule has 9 heteroatoms. The number of rotatable bonds is 5. The fourth-order valence-electron chi connectivity index (χ4n) is 2.39. The van der Waals surface area contributed by atoms with Crippen molar-refractivity contribution >= 4 is 48.3 Å². The average Bonchev–Trinajstić information content (AvgIpc) is 2.97. The molecule has 0 bridgehead atoms. The van der Waals surface area contributed by atoms with Gasteiger partial charge in [-0.2, -0.15) is 0 Å². The minimum absolute atomic E-state index is 0.151. The predicted molar refractivity (Wildman–Crippen MR) is 100 cm³/mol. The molecular formula is C17H16FN3O3S2. The third-order valence-corrected chi connectivity index (χ3v) is 5.96. The molecule has 3 aromatic rings. The van der Waals surface area contributed by atoms with Crippen molar-refractivity contribution in [3.05, 3.63) is 47.8 Å². The van der Waals surface area contributed by atoms with Crippen molar-refractivity contribution in [2.24, 2.45) is 0 Å². The first-order valence-electron chi connectivity index (χ1n) is 7.78. The lowest BCUT2D eigenvalue weighted by atomic mass is 10.2. The van der Waals surface area contributed by atoms with E-state index in [9.17, 15) is 17.6 Å². The highest BCUT2D eigenvalue weighted by Crippen LogP contribution is 2.32. The molecule has 1 amide bonds. The van der Waals surface area contributed by atoms with Gasteiger partial charge in [0.2, 0.25) is 5.91 Å². The van der Waals surface area contributed by atoms with Gasteiger partial charge in [0.1, 0.15) is 10.7 Å². The largest absolute Gasteiger partial charge is 0.302 e. The molecule has 0 unspecified atom stereocenters. The molecule has 0 aliphatic carbocycles. The molecule has 2 aromatic carbocycles. The first-order chi connectivity index (χ1) is 12.3. The molecule has 3 rings (SSSR count). The van der Waals surface area contributed by atoms with Crippen LogP contribution < -0.4 is 10.0 Å². The van der Waals surface area contributed by atoms with E-state index in [-0.39, 0.29) is 5.91 Å². The summed E-state index contributed by atoms with van der Waals surface area (Å²) >= 11 is 1.24. The molecule has 0 fully saturated rings. The summed E-state index contributed by atoms with van der Waals surface area (Å²) in [5.74, 6) is -0.970. The standard InChI is InChI=1S/C17H16FN3O3S2/c1-3-15(22)19-17-20-16-10(2)8-11(9-13(16)25-17)21-26(23,24)14-7-5-4-6-12(14)18/h4-9,21H,3H2,1-2H3,(H,19,20,22). The van der Waals surface area contributed by atoms with Gasteiger partial charge in [-0.05, 0) is 36.8 Å². The zero-order valence-corrected chi connectivity index (χ0v) is 15.7. The van der Waals surface area contributed by atoms with E-state index in [0.29, 0.717) is 27.5 Å². The maximum atomic E-state index is 13.8. The summed E-state index contributed by atoms with van der Waals surface area (Å²) in [5.41, 5.74) is 1.72. The quantitative estimate of drug-likeness (QED) is 0.688. The van der Waals surface area contributed by atoms with Gasteiger partial charge < -0.3 is 5.32 Å². The fourth-order valence-corrected chi connectivity index (χ4v) is 4.51. The second kappa shape index (κ2) is 7.00. The highest BCUT2D eigenvalue weighted by molar-refractivity contribution is 7.92. The number of sulfonamides is 1. The Balaban J connectivity index is 1.96. The summed E-state index contributed by atoms with van der Waals surface area (Å²) in [5, 5.41) is 3.14. The van der Waals surface area contributed by atoms with Gasteiger partial charge in [0, 0.05) is 6.42 Å². The summed E-state index contributed by atoms with van der Waals surface area (Å²) in [7, 11) is -4.06. The Labute approximate surface area is 154 Å². The molecule has 1 heterocycles. The zero-order valence-electron chi connectivity index (χ0n) is 14.0. The predicted octanol–water partition coefficient (Wildman–Crippen LogP) is 3.89. The third-order valence-electron chi connectivity index (χ3n) is 3.63. The SMILES string of the molecule is CCC(=O)Nc1nc2c(C)cc(NS(=O)(=O)c3ccccc3F)cc2s1. The molecule has 0 saturated carbocycles. The van der Waals surface area contributed by atoms with Gasteiger partial charge in [-0.25, -0.2) is 17.8 Å². The second-order valence-electron chi connectivity index (χ2n) is 5.60. The number of carbonyl (C=O) groups is 1. The number of fused-ring (bicyclic) bond motifs is 1. The van der Waals surface area contributed by atoms with Crippen LogP contribution in [0.15, 0.2) is 41.3 Å². The number of thiazole rings is 1. The Morgan fingerprint density at radius 3 is 2.69 bits per heavy atom. The minimum atomic E-state index is -4.06. The second-order valence-corrected chi connectivity index (χ2v) is 8.28. The lowest BCUT2D eigenvalue weighted by Crippen LogP contribution is -2.14. The molecule has 0 spiro atoms. The van der Waals surface area contributed by atoms with Gasteiger partial charge in [0.15, 0.2) is 5.13 Å². The van der Waals surface area contributed by atoms with Gasteiger partial charge in [0.25, 0.3) is 10.0 Å². The van der Waals surface area contributed by atoms with E-state index in [0.717, 1.165) is 11.6 Å². The number of benzene rings is 2. The fraction of sp³-hybridized carbons (Fsp3) is 0.176. The molecular weight excluding hydrogens is 377 g/mol. The lowest BCUT2D eigenvalue weighted by molar-refractivity contribution is -0.115. The first kappa shape index (κ1) is 18.3. The summed E-state index contributed by atoms with van der Waals surface area (Å²) in [4.78, 5) is 15.5. The van der Waals surface area contributed by atoms with Crippen LogP contribution in [0.25, 0.3) is 10.2 Å². The molecule has 0 atom stereocenters. The number of carbonyl (C=O) groups excluding carboxylic acids is 1. The van der Waals surface area contributed by atoms with Gasteiger partial charge in [-0.15, -0.1) is 0 Å². The van der Waals surface area contributed by atoms with E-state index in [2.05, 4.69) is 15.0 Å². The van der Waals surface area contributed by atoms with Crippen molar-refractivity contribution in [2.75, 3.05) is 10.0 Å². The number of nitrogens with one attached hydrogen (secondary N) is 2. The van der Waals surface area contributed by atoms with Crippen molar-refractivity contribution in [1.82, 2.24) is 4.98 Å². The number of aryl methyl sites for hydroxylation is 1. The maximum absolute atomic E-state index is 13.8.